The Kier molecular flexibility index (Phi) is 4.45. The third kappa shape index (κ3) is 3.35. The van der Waals surface area contributed by atoms with E-state index < -0.39 is 5.60 Å². The average molecular weight is 246 g/mol. The van der Waals surface area contributed by atoms with Crippen molar-refractivity contribution in [1.29, 1.82) is 0 Å². The fourth-order valence-corrected chi connectivity index (χ4v) is 3.30. The lowest BCUT2D eigenvalue weighted by molar-refractivity contribution is -0.0603. The zero-order valence-electron chi connectivity index (χ0n) is 11.7. The van der Waals surface area contributed by atoms with E-state index in [-0.39, 0.29) is 0 Å². The Morgan fingerprint density at radius 1 is 1.22 bits per heavy atom. The van der Waals surface area contributed by atoms with Crippen LogP contribution in [0.2, 0.25) is 0 Å². The number of benzene rings is 1. The fraction of sp³-hybridized carbons (Fsp3) is 0.647. The number of hydrogen-bond donors (Lipinski definition) is 1. The van der Waals surface area contributed by atoms with Gasteiger partial charge < -0.3 is 5.11 Å². The predicted molar refractivity (Wildman–Crippen MR) is 76.5 cm³/mol. The van der Waals surface area contributed by atoms with Gasteiger partial charge in [0.1, 0.15) is 0 Å². The van der Waals surface area contributed by atoms with Crippen LogP contribution in [0.15, 0.2) is 30.3 Å². The van der Waals surface area contributed by atoms with Crippen LogP contribution in [0.25, 0.3) is 0 Å². The van der Waals surface area contributed by atoms with Crippen molar-refractivity contribution in [3.63, 3.8) is 0 Å². The van der Waals surface area contributed by atoms with Crippen molar-refractivity contribution in [3.05, 3.63) is 35.9 Å². The molecular weight excluding hydrogens is 220 g/mol. The Morgan fingerprint density at radius 3 is 2.61 bits per heavy atom. The Labute approximate surface area is 111 Å². The first kappa shape index (κ1) is 13.6. The van der Waals surface area contributed by atoms with Gasteiger partial charge in [-0.1, -0.05) is 44.2 Å². The van der Waals surface area contributed by atoms with Crippen molar-refractivity contribution in [2.45, 2.75) is 58.0 Å². The van der Waals surface area contributed by atoms with Crippen LogP contribution in [0.4, 0.5) is 0 Å². The summed E-state index contributed by atoms with van der Waals surface area (Å²) < 4.78 is 0. The standard InChI is InChI=1S/C17H26O/c1-14-10-12-17(18,15(2)13-14)11-6-9-16-7-4-3-5-8-16/h3-5,7-8,14-15,18H,6,9-13H2,1-2H3. The zero-order chi connectivity index (χ0) is 13.0. The molecule has 0 saturated heterocycles. The third-order valence-electron chi connectivity index (χ3n) is 4.66. The van der Waals surface area contributed by atoms with Crippen LogP contribution >= 0.6 is 0 Å². The number of rotatable bonds is 4. The molecule has 1 N–H and O–H groups in total. The molecule has 0 bridgehead atoms. The molecule has 18 heavy (non-hydrogen) atoms. The second-order valence-electron chi connectivity index (χ2n) is 6.22. The summed E-state index contributed by atoms with van der Waals surface area (Å²) in [5.41, 5.74) is 0.985. The molecule has 1 aliphatic carbocycles. The number of aliphatic hydroxyl groups is 1. The summed E-state index contributed by atoms with van der Waals surface area (Å²) >= 11 is 0. The molecule has 3 atom stereocenters. The van der Waals surface area contributed by atoms with E-state index in [0.717, 1.165) is 31.6 Å². The third-order valence-corrected chi connectivity index (χ3v) is 4.66. The molecule has 1 saturated carbocycles. The molecular formula is C17H26O. The summed E-state index contributed by atoms with van der Waals surface area (Å²) in [6, 6.07) is 10.6. The van der Waals surface area contributed by atoms with Crippen molar-refractivity contribution in [2.75, 3.05) is 0 Å². The SMILES string of the molecule is CC1CCC(O)(CCCc2ccccc2)C(C)C1. The van der Waals surface area contributed by atoms with E-state index in [1.54, 1.807) is 0 Å². The van der Waals surface area contributed by atoms with Gasteiger partial charge in [0.25, 0.3) is 0 Å². The quantitative estimate of drug-likeness (QED) is 0.844. The van der Waals surface area contributed by atoms with E-state index in [9.17, 15) is 5.11 Å². The molecule has 0 amide bonds. The first-order valence-electron chi connectivity index (χ1n) is 7.36. The van der Waals surface area contributed by atoms with Gasteiger partial charge in [0, 0.05) is 0 Å². The average Bonchev–Trinajstić information content (AvgIpc) is 2.36. The summed E-state index contributed by atoms with van der Waals surface area (Å²) in [4.78, 5) is 0. The molecule has 0 heterocycles. The van der Waals surface area contributed by atoms with Crippen molar-refractivity contribution in [2.24, 2.45) is 11.8 Å². The zero-order valence-corrected chi connectivity index (χ0v) is 11.7. The molecule has 1 aromatic carbocycles. The topological polar surface area (TPSA) is 20.2 Å². The van der Waals surface area contributed by atoms with Crippen LogP contribution in [0.5, 0.6) is 0 Å². The van der Waals surface area contributed by atoms with Gasteiger partial charge in [-0.15, -0.1) is 0 Å². The summed E-state index contributed by atoms with van der Waals surface area (Å²) in [5.74, 6) is 1.24. The van der Waals surface area contributed by atoms with E-state index in [1.165, 1.54) is 18.4 Å². The lowest BCUT2D eigenvalue weighted by atomic mass is 9.70. The highest BCUT2D eigenvalue weighted by Gasteiger charge is 2.37. The molecule has 0 spiro atoms. The van der Waals surface area contributed by atoms with Gasteiger partial charge in [-0.2, -0.15) is 0 Å². The lowest BCUT2D eigenvalue weighted by Crippen LogP contribution is -2.41. The van der Waals surface area contributed by atoms with Gasteiger partial charge in [0.2, 0.25) is 0 Å². The second-order valence-corrected chi connectivity index (χ2v) is 6.22. The van der Waals surface area contributed by atoms with Gasteiger partial charge >= 0.3 is 0 Å². The molecule has 1 fully saturated rings. The Hall–Kier alpha value is -0.820. The van der Waals surface area contributed by atoms with Gasteiger partial charge in [0.15, 0.2) is 0 Å². The largest absolute Gasteiger partial charge is 0.390 e. The highest BCUT2D eigenvalue weighted by atomic mass is 16.3. The van der Waals surface area contributed by atoms with E-state index in [4.69, 9.17) is 0 Å². The summed E-state index contributed by atoms with van der Waals surface area (Å²) in [6.07, 6.45) is 6.50. The maximum Gasteiger partial charge on any atom is 0.0673 e. The van der Waals surface area contributed by atoms with Gasteiger partial charge in [-0.3, -0.25) is 0 Å². The van der Waals surface area contributed by atoms with Crippen LogP contribution in [-0.2, 0) is 6.42 Å². The molecule has 1 heteroatoms. The first-order chi connectivity index (χ1) is 8.60. The lowest BCUT2D eigenvalue weighted by Gasteiger charge is -2.41. The van der Waals surface area contributed by atoms with E-state index in [1.807, 2.05) is 0 Å². The summed E-state index contributed by atoms with van der Waals surface area (Å²) in [6.45, 7) is 4.53. The van der Waals surface area contributed by atoms with Gasteiger partial charge in [0.05, 0.1) is 5.60 Å². The molecule has 0 radical (unpaired) electrons. The maximum absolute atomic E-state index is 10.7. The molecule has 0 aliphatic heterocycles. The minimum Gasteiger partial charge on any atom is -0.390 e. The van der Waals surface area contributed by atoms with Crippen molar-refractivity contribution in [3.8, 4) is 0 Å². The Balaban J connectivity index is 1.82. The van der Waals surface area contributed by atoms with Crippen molar-refractivity contribution >= 4 is 0 Å². The number of hydrogen-bond acceptors (Lipinski definition) is 1. The summed E-state index contributed by atoms with van der Waals surface area (Å²) in [7, 11) is 0. The molecule has 3 unspecified atom stereocenters. The molecule has 1 aliphatic rings. The van der Waals surface area contributed by atoms with Crippen molar-refractivity contribution in [1.82, 2.24) is 0 Å². The minimum atomic E-state index is -0.401. The monoisotopic (exact) mass is 246 g/mol. The van der Waals surface area contributed by atoms with E-state index >= 15 is 0 Å². The van der Waals surface area contributed by atoms with Crippen molar-refractivity contribution < 1.29 is 5.11 Å². The molecule has 1 aromatic rings. The first-order valence-corrected chi connectivity index (χ1v) is 7.36. The molecule has 100 valence electrons. The van der Waals surface area contributed by atoms with E-state index in [2.05, 4.69) is 44.2 Å². The highest BCUT2D eigenvalue weighted by molar-refractivity contribution is 5.14. The highest BCUT2D eigenvalue weighted by Crippen LogP contribution is 2.39. The normalized spacial score (nSPS) is 32.4. The Bertz CT molecular complexity index is 359. The van der Waals surface area contributed by atoms with Crippen LogP contribution in [0.3, 0.4) is 0 Å². The van der Waals surface area contributed by atoms with Crippen LogP contribution < -0.4 is 0 Å². The summed E-state index contributed by atoms with van der Waals surface area (Å²) in [5, 5.41) is 10.7. The fourth-order valence-electron chi connectivity index (χ4n) is 3.30. The van der Waals surface area contributed by atoms with Gasteiger partial charge in [-0.25, -0.2) is 0 Å². The predicted octanol–water partition coefficient (Wildman–Crippen LogP) is 4.20. The minimum absolute atomic E-state index is 0.401. The number of aryl methyl sites for hydroxylation is 1. The smallest absolute Gasteiger partial charge is 0.0673 e. The second kappa shape index (κ2) is 5.88. The van der Waals surface area contributed by atoms with E-state index in [0.29, 0.717) is 5.92 Å². The molecule has 1 nitrogen and oxygen atoms in total. The van der Waals surface area contributed by atoms with Crippen LogP contribution in [0.1, 0.15) is 51.5 Å². The van der Waals surface area contributed by atoms with Crippen LogP contribution in [0, 0.1) is 11.8 Å². The Morgan fingerprint density at radius 2 is 1.94 bits per heavy atom. The van der Waals surface area contributed by atoms with Crippen LogP contribution in [-0.4, -0.2) is 10.7 Å². The molecule has 2 rings (SSSR count). The van der Waals surface area contributed by atoms with Gasteiger partial charge in [-0.05, 0) is 55.9 Å². The maximum atomic E-state index is 10.7. The molecule has 0 aromatic heterocycles.